The van der Waals surface area contributed by atoms with Crippen molar-refractivity contribution in [1.82, 2.24) is 14.7 Å². The number of likely N-dealkylation sites (N-methyl/N-ethyl adjacent to an activating group) is 1. The van der Waals surface area contributed by atoms with Crippen LogP contribution in [0.5, 0.6) is 0 Å². The molecular formula is C23H27N3O3. The van der Waals surface area contributed by atoms with Crippen molar-refractivity contribution in [2.75, 3.05) is 33.7 Å². The number of aryl methyl sites for hydroxylation is 1. The summed E-state index contributed by atoms with van der Waals surface area (Å²) in [4.78, 5) is 43.1. The van der Waals surface area contributed by atoms with E-state index in [0.29, 0.717) is 24.2 Å². The number of imide groups is 1. The fourth-order valence-electron chi connectivity index (χ4n) is 3.39. The molecule has 0 saturated carbocycles. The van der Waals surface area contributed by atoms with E-state index in [0.717, 1.165) is 17.7 Å². The second kappa shape index (κ2) is 9.01. The van der Waals surface area contributed by atoms with Crippen molar-refractivity contribution < 1.29 is 14.4 Å². The van der Waals surface area contributed by atoms with Crippen LogP contribution >= 0.6 is 0 Å². The summed E-state index contributed by atoms with van der Waals surface area (Å²) in [5, 5.41) is 0. The minimum absolute atomic E-state index is 0.0663. The quantitative estimate of drug-likeness (QED) is 0.647. The van der Waals surface area contributed by atoms with Crippen LogP contribution in [0.15, 0.2) is 48.5 Å². The molecule has 6 heteroatoms. The Morgan fingerprint density at radius 3 is 2.31 bits per heavy atom. The lowest BCUT2D eigenvalue weighted by atomic mass is 10.1. The maximum absolute atomic E-state index is 12.9. The van der Waals surface area contributed by atoms with E-state index in [1.807, 2.05) is 62.3 Å². The predicted molar refractivity (Wildman–Crippen MR) is 112 cm³/mol. The van der Waals surface area contributed by atoms with Crippen molar-refractivity contribution in [3.63, 3.8) is 0 Å². The van der Waals surface area contributed by atoms with Crippen molar-refractivity contribution in [2.45, 2.75) is 19.9 Å². The van der Waals surface area contributed by atoms with Gasteiger partial charge in [-0.3, -0.25) is 19.3 Å². The van der Waals surface area contributed by atoms with Crippen molar-refractivity contribution in [2.24, 2.45) is 0 Å². The van der Waals surface area contributed by atoms with Gasteiger partial charge in [0, 0.05) is 32.6 Å². The third-order valence-electron chi connectivity index (χ3n) is 5.06. The van der Waals surface area contributed by atoms with Gasteiger partial charge in [-0.15, -0.1) is 0 Å². The Labute approximate surface area is 171 Å². The minimum Gasteiger partial charge on any atom is -0.337 e. The van der Waals surface area contributed by atoms with Crippen molar-refractivity contribution in [1.29, 1.82) is 0 Å². The maximum Gasteiger partial charge on any atom is 0.261 e. The van der Waals surface area contributed by atoms with Crippen LogP contribution in [0.1, 0.15) is 38.3 Å². The lowest BCUT2D eigenvalue weighted by Crippen LogP contribution is -2.39. The molecule has 1 aliphatic rings. The summed E-state index contributed by atoms with van der Waals surface area (Å²) in [5.74, 6) is -0.700. The molecule has 0 radical (unpaired) electrons. The molecule has 6 nitrogen and oxygen atoms in total. The minimum atomic E-state index is -0.319. The molecule has 0 fully saturated rings. The maximum atomic E-state index is 12.9. The molecule has 0 atom stereocenters. The zero-order valence-corrected chi connectivity index (χ0v) is 17.2. The average molecular weight is 393 g/mol. The van der Waals surface area contributed by atoms with Crippen molar-refractivity contribution in [3.05, 3.63) is 70.8 Å². The summed E-state index contributed by atoms with van der Waals surface area (Å²) in [6.45, 7) is 3.82. The van der Waals surface area contributed by atoms with E-state index in [1.165, 1.54) is 4.90 Å². The first kappa shape index (κ1) is 20.7. The monoisotopic (exact) mass is 393 g/mol. The van der Waals surface area contributed by atoms with Gasteiger partial charge in [0.05, 0.1) is 11.1 Å². The van der Waals surface area contributed by atoms with Crippen molar-refractivity contribution >= 4 is 17.7 Å². The highest BCUT2D eigenvalue weighted by molar-refractivity contribution is 6.21. The molecule has 29 heavy (non-hydrogen) atoms. The topological polar surface area (TPSA) is 60.9 Å². The smallest absolute Gasteiger partial charge is 0.261 e. The fraction of sp³-hybridized carbons (Fsp3) is 0.348. The van der Waals surface area contributed by atoms with Crippen LogP contribution in [-0.4, -0.2) is 66.2 Å². The number of nitrogens with zero attached hydrogens (tertiary/aromatic N) is 3. The summed E-state index contributed by atoms with van der Waals surface area (Å²) in [6, 6.07) is 15.1. The summed E-state index contributed by atoms with van der Waals surface area (Å²) < 4.78 is 0. The van der Waals surface area contributed by atoms with Gasteiger partial charge in [-0.2, -0.15) is 0 Å². The number of carbonyl (C=O) groups is 3. The predicted octanol–water partition coefficient (Wildman–Crippen LogP) is 2.57. The Balaban J connectivity index is 1.66. The number of fused-ring (bicyclic) bond motifs is 1. The molecule has 0 bridgehead atoms. The summed E-state index contributed by atoms with van der Waals surface area (Å²) in [6.07, 6.45) is 0.116. The number of hydrogen-bond acceptors (Lipinski definition) is 4. The standard InChI is InChI=1S/C23H27N3O3/c1-17-9-10-19-20(15-17)23(29)26(22(19)28)12-11-21(27)25(14-13-24(2)3)16-18-7-5-4-6-8-18/h4-10,15H,11-14,16H2,1-3H3. The van der Waals surface area contributed by atoms with Gasteiger partial charge in [0.1, 0.15) is 0 Å². The van der Waals surface area contributed by atoms with Crippen LogP contribution in [0.3, 0.4) is 0 Å². The molecule has 0 saturated heterocycles. The molecule has 1 aliphatic heterocycles. The van der Waals surface area contributed by atoms with Gasteiger partial charge < -0.3 is 9.80 Å². The van der Waals surface area contributed by atoms with Gasteiger partial charge in [0.2, 0.25) is 5.91 Å². The number of carbonyl (C=O) groups excluding carboxylic acids is 3. The lowest BCUT2D eigenvalue weighted by Gasteiger charge is -2.25. The van der Waals surface area contributed by atoms with Gasteiger partial charge in [0.25, 0.3) is 11.8 Å². The highest BCUT2D eigenvalue weighted by atomic mass is 16.2. The normalized spacial score (nSPS) is 13.2. The Hall–Kier alpha value is -2.99. The molecule has 0 aromatic heterocycles. The number of benzene rings is 2. The Bertz CT molecular complexity index is 909. The summed E-state index contributed by atoms with van der Waals surface area (Å²) >= 11 is 0. The van der Waals surface area contributed by atoms with Gasteiger partial charge in [0.15, 0.2) is 0 Å². The zero-order chi connectivity index (χ0) is 21.0. The molecule has 3 amide bonds. The SMILES string of the molecule is Cc1ccc2c(c1)C(=O)N(CCC(=O)N(CCN(C)C)Cc1ccccc1)C2=O. The highest BCUT2D eigenvalue weighted by Gasteiger charge is 2.35. The average Bonchev–Trinajstić information content (AvgIpc) is 2.93. The molecule has 0 N–H and O–H groups in total. The first-order chi connectivity index (χ1) is 13.9. The van der Waals surface area contributed by atoms with Crippen LogP contribution in [0.25, 0.3) is 0 Å². The van der Waals surface area contributed by atoms with Crippen molar-refractivity contribution in [3.8, 4) is 0 Å². The van der Waals surface area contributed by atoms with Crippen LogP contribution < -0.4 is 0 Å². The van der Waals surface area contributed by atoms with E-state index in [9.17, 15) is 14.4 Å². The Kier molecular flexibility index (Phi) is 6.44. The van der Waals surface area contributed by atoms with Gasteiger partial charge >= 0.3 is 0 Å². The molecule has 152 valence electrons. The third-order valence-corrected chi connectivity index (χ3v) is 5.06. The summed E-state index contributed by atoms with van der Waals surface area (Å²) in [5.41, 5.74) is 2.83. The van der Waals surface area contributed by atoms with E-state index >= 15 is 0 Å². The number of rotatable bonds is 8. The second-order valence-electron chi connectivity index (χ2n) is 7.67. The third kappa shape index (κ3) is 4.90. The van der Waals surface area contributed by atoms with Gasteiger partial charge in [-0.25, -0.2) is 0 Å². The van der Waals surface area contributed by atoms with E-state index < -0.39 is 0 Å². The number of amides is 3. The van der Waals surface area contributed by atoms with E-state index in [2.05, 4.69) is 0 Å². The van der Waals surface area contributed by atoms with E-state index in [-0.39, 0.29) is 30.7 Å². The van der Waals surface area contributed by atoms with Gasteiger partial charge in [-0.05, 0) is 38.7 Å². The first-order valence-electron chi connectivity index (χ1n) is 9.80. The van der Waals surface area contributed by atoms with Crippen LogP contribution in [0.2, 0.25) is 0 Å². The molecule has 2 aromatic rings. The molecule has 3 rings (SSSR count). The highest BCUT2D eigenvalue weighted by Crippen LogP contribution is 2.24. The Morgan fingerprint density at radius 2 is 1.62 bits per heavy atom. The van der Waals surface area contributed by atoms with E-state index in [1.54, 1.807) is 17.0 Å². The van der Waals surface area contributed by atoms with E-state index in [4.69, 9.17) is 0 Å². The van der Waals surface area contributed by atoms with Crippen LogP contribution in [0.4, 0.5) is 0 Å². The molecule has 0 spiro atoms. The first-order valence-corrected chi connectivity index (χ1v) is 9.80. The number of hydrogen-bond donors (Lipinski definition) is 0. The van der Waals surface area contributed by atoms with Crippen LogP contribution in [-0.2, 0) is 11.3 Å². The fourth-order valence-corrected chi connectivity index (χ4v) is 3.39. The molecule has 1 heterocycles. The molecule has 0 aliphatic carbocycles. The largest absolute Gasteiger partial charge is 0.337 e. The summed E-state index contributed by atoms with van der Waals surface area (Å²) in [7, 11) is 3.93. The van der Waals surface area contributed by atoms with Crippen LogP contribution in [0, 0.1) is 6.92 Å². The second-order valence-corrected chi connectivity index (χ2v) is 7.67. The Morgan fingerprint density at radius 1 is 0.931 bits per heavy atom. The van der Waals surface area contributed by atoms with Gasteiger partial charge in [-0.1, -0.05) is 42.0 Å². The molecule has 0 unspecified atom stereocenters. The lowest BCUT2D eigenvalue weighted by molar-refractivity contribution is -0.132. The zero-order valence-electron chi connectivity index (χ0n) is 17.2. The molecular weight excluding hydrogens is 366 g/mol. The molecule has 2 aromatic carbocycles.